The third kappa shape index (κ3) is 4.77. The van der Waals surface area contributed by atoms with Crippen LogP contribution in [-0.2, 0) is 0 Å². The van der Waals surface area contributed by atoms with E-state index in [0.29, 0.717) is 5.92 Å². The molecule has 0 spiro atoms. The zero-order valence-electron chi connectivity index (χ0n) is 16.8. The van der Waals surface area contributed by atoms with Crippen LogP contribution in [0.1, 0.15) is 38.7 Å². The second-order valence-electron chi connectivity index (χ2n) is 6.72. The first-order valence-corrected chi connectivity index (χ1v) is 9.67. The summed E-state index contributed by atoms with van der Waals surface area (Å²) in [6.07, 6.45) is 9.98. The van der Waals surface area contributed by atoms with Crippen molar-refractivity contribution in [3.05, 3.63) is 65.5 Å². The largest absolute Gasteiger partial charge is 0.372 e. The molecule has 0 fully saturated rings. The summed E-state index contributed by atoms with van der Waals surface area (Å²) in [6.45, 7) is 8.60. The molecule has 3 N–H and O–H groups in total. The SMILES string of the molecule is CCNC.CC[C@@H](C)c1ccccc1N(C)C1=C2C=CCNC2NC=C1. The van der Waals surface area contributed by atoms with Gasteiger partial charge in [0.1, 0.15) is 6.17 Å². The summed E-state index contributed by atoms with van der Waals surface area (Å²) in [6, 6.07) is 8.74. The van der Waals surface area contributed by atoms with Crippen LogP contribution in [0.2, 0.25) is 0 Å². The van der Waals surface area contributed by atoms with Crippen LogP contribution in [0.4, 0.5) is 5.69 Å². The van der Waals surface area contributed by atoms with Gasteiger partial charge in [0.25, 0.3) is 0 Å². The van der Waals surface area contributed by atoms with Gasteiger partial charge in [-0.1, -0.05) is 51.1 Å². The lowest BCUT2D eigenvalue weighted by Gasteiger charge is -2.33. The lowest BCUT2D eigenvalue weighted by molar-refractivity contribution is 0.544. The number of allylic oxidation sites excluding steroid dienone is 1. The zero-order chi connectivity index (χ0) is 18.9. The number of dihydropyridines is 1. The van der Waals surface area contributed by atoms with Gasteiger partial charge in [0.15, 0.2) is 0 Å². The van der Waals surface area contributed by atoms with Crippen molar-refractivity contribution >= 4 is 5.69 Å². The Morgan fingerprint density at radius 2 is 1.96 bits per heavy atom. The Morgan fingerprint density at radius 3 is 2.65 bits per heavy atom. The summed E-state index contributed by atoms with van der Waals surface area (Å²) in [7, 11) is 4.10. The second kappa shape index (κ2) is 10.2. The van der Waals surface area contributed by atoms with Gasteiger partial charge >= 0.3 is 0 Å². The highest BCUT2D eigenvalue weighted by molar-refractivity contribution is 5.62. The average molecular weight is 355 g/mol. The number of para-hydroxylation sites is 1. The van der Waals surface area contributed by atoms with Crippen LogP contribution in [0.25, 0.3) is 0 Å². The molecule has 0 amide bonds. The Labute approximate surface area is 159 Å². The third-order valence-corrected chi connectivity index (χ3v) is 5.00. The summed E-state index contributed by atoms with van der Waals surface area (Å²) in [5.41, 5.74) is 5.26. The molecule has 26 heavy (non-hydrogen) atoms. The van der Waals surface area contributed by atoms with Crippen molar-refractivity contribution in [2.75, 3.05) is 32.1 Å². The van der Waals surface area contributed by atoms with Crippen LogP contribution >= 0.6 is 0 Å². The maximum atomic E-state index is 3.47. The van der Waals surface area contributed by atoms with Gasteiger partial charge < -0.3 is 15.5 Å². The predicted octanol–water partition coefficient (Wildman–Crippen LogP) is 3.72. The molecular formula is C22H34N4. The molecule has 0 radical (unpaired) electrons. The van der Waals surface area contributed by atoms with Crippen molar-refractivity contribution in [3.63, 3.8) is 0 Å². The molecule has 2 aliphatic rings. The highest BCUT2D eigenvalue weighted by Crippen LogP contribution is 2.32. The molecule has 3 rings (SSSR count). The fourth-order valence-corrected chi connectivity index (χ4v) is 3.14. The number of likely N-dealkylation sites (N-methyl/N-ethyl adjacent to an activating group) is 1. The Bertz CT molecular complexity index is 658. The predicted molar refractivity (Wildman–Crippen MR) is 113 cm³/mol. The van der Waals surface area contributed by atoms with Gasteiger partial charge in [0, 0.05) is 30.5 Å². The number of rotatable bonds is 5. The van der Waals surface area contributed by atoms with Gasteiger partial charge in [-0.25, -0.2) is 0 Å². The summed E-state index contributed by atoms with van der Waals surface area (Å²) in [5.74, 6) is 0.561. The molecule has 142 valence electrons. The van der Waals surface area contributed by atoms with E-state index < -0.39 is 0 Å². The normalized spacial score (nSPS) is 19.2. The van der Waals surface area contributed by atoms with E-state index in [-0.39, 0.29) is 6.17 Å². The molecule has 1 aromatic rings. The van der Waals surface area contributed by atoms with Crippen LogP contribution in [-0.4, -0.2) is 33.4 Å². The number of nitrogens with one attached hydrogen (secondary N) is 3. The molecule has 0 bridgehead atoms. The number of hydrogen-bond acceptors (Lipinski definition) is 4. The Kier molecular flexibility index (Phi) is 7.95. The van der Waals surface area contributed by atoms with E-state index in [0.717, 1.165) is 19.5 Å². The highest BCUT2D eigenvalue weighted by Gasteiger charge is 2.23. The summed E-state index contributed by atoms with van der Waals surface area (Å²) in [4.78, 5) is 2.32. The first-order chi connectivity index (χ1) is 12.6. The monoisotopic (exact) mass is 354 g/mol. The van der Waals surface area contributed by atoms with Gasteiger partial charge in [-0.3, -0.25) is 5.32 Å². The minimum atomic E-state index is 0.211. The lowest BCUT2D eigenvalue weighted by Crippen LogP contribution is -2.46. The molecule has 0 aromatic heterocycles. The van der Waals surface area contributed by atoms with Crippen molar-refractivity contribution in [2.24, 2.45) is 0 Å². The fourth-order valence-electron chi connectivity index (χ4n) is 3.14. The maximum Gasteiger partial charge on any atom is 0.105 e. The molecule has 2 atom stereocenters. The number of fused-ring (bicyclic) bond motifs is 1. The summed E-state index contributed by atoms with van der Waals surface area (Å²) in [5, 5.41) is 9.78. The molecule has 1 aromatic carbocycles. The molecule has 1 unspecified atom stereocenters. The molecule has 0 saturated carbocycles. The number of benzene rings is 1. The van der Waals surface area contributed by atoms with E-state index in [1.807, 2.05) is 13.2 Å². The minimum Gasteiger partial charge on any atom is -0.372 e. The van der Waals surface area contributed by atoms with Gasteiger partial charge in [0.05, 0.1) is 0 Å². The zero-order valence-corrected chi connectivity index (χ0v) is 16.8. The summed E-state index contributed by atoms with van der Waals surface area (Å²) < 4.78 is 0. The molecule has 4 heteroatoms. The quantitative estimate of drug-likeness (QED) is 0.754. The van der Waals surface area contributed by atoms with Crippen LogP contribution in [0.3, 0.4) is 0 Å². The Morgan fingerprint density at radius 1 is 1.23 bits per heavy atom. The highest BCUT2D eigenvalue weighted by atomic mass is 15.2. The van der Waals surface area contributed by atoms with Crippen molar-refractivity contribution in [1.82, 2.24) is 16.0 Å². The van der Waals surface area contributed by atoms with Gasteiger partial charge in [-0.05, 0) is 49.8 Å². The van der Waals surface area contributed by atoms with E-state index >= 15 is 0 Å². The van der Waals surface area contributed by atoms with E-state index in [4.69, 9.17) is 0 Å². The minimum absolute atomic E-state index is 0.211. The molecular weight excluding hydrogens is 320 g/mol. The van der Waals surface area contributed by atoms with Gasteiger partial charge in [-0.2, -0.15) is 0 Å². The van der Waals surface area contributed by atoms with Gasteiger partial charge in [-0.15, -0.1) is 0 Å². The number of nitrogens with zero attached hydrogens (tertiary/aromatic N) is 1. The van der Waals surface area contributed by atoms with Crippen molar-refractivity contribution in [1.29, 1.82) is 0 Å². The van der Waals surface area contributed by atoms with E-state index in [1.54, 1.807) is 0 Å². The number of anilines is 1. The van der Waals surface area contributed by atoms with E-state index in [2.05, 4.69) is 91.2 Å². The first-order valence-electron chi connectivity index (χ1n) is 9.67. The average Bonchev–Trinajstić information content (AvgIpc) is 2.72. The molecule has 2 aliphatic heterocycles. The smallest absolute Gasteiger partial charge is 0.105 e. The van der Waals surface area contributed by atoms with Gasteiger partial charge in [0.2, 0.25) is 0 Å². The van der Waals surface area contributed by atoms with Crippen molar-refractivity contribution in [3.8, 4) is 0 Å². The number of hydrogen-bond donors (Lipinski definition) is 3. The van der Waals surface area contributed by atoms with Crippen LogP contribution in [0.15, 0.2) is 60.0 Å². The third-order valence-electron chi connectivity index (χ3n) is 5.00. The second-order valence-corrected chi connectivity index (χ2v) is 6.72. The van der Waals surface area contributed by atoms with Crippen LogP contribution < -0.4 is 20.9 Å². The molecule has 2 heterocycles. The standard InChI is InChI=1S/C19H25N3.C3H9N/c1-4-14(2)15-8-5-6-10-17(15)22(3)18-11-13-21-19-16(18)9-7-12-20-19;1-3-4-2/h5-11,13-14,19-21H,4,12H2,1-3H3;4H,3H2,1-2H3/t14-,19?;/m1./s1. The lowest BCUT2D eigenvalue weighted by atomic mass is 9.95. The molecule has 0 aliphatic carbocycles. The van der Waals surface area contributed by atoms with Crippen molar-refractivity contribution < 1.29 is 0 Å². The Hall–Kier alpha value is -2.04. The van der Waals surface area contributed by atoms with Crippen molar-refractivity contribution in [2.45, 2.75) is 39.3 Å². The topological polar surface area (TPSA) is 39.3 Å². The maximum absolute atomic E-state index is 3.47. The summed E-state index contributed by atoms with van der Waals surface area (Å²) >= 11 is 0. The van der Waals surface area contributed by atoms with Crippen LogP contribution in [0.5, 0.6) is 0 Å². The first kappa shape index (κ1) is 20.3. The molecule has 4 nitrogen and oxygen atoms in total. The Balaban J connectivity index is 0.000000552. The van der Waals surface area contributed by atoms with Crippen LogP contribution in [0, 0.1) is 0 Å². The molecule has 0 saturated heterocycles. The van der Waals surface area contributed by atoms with E-state index in [1.165, 1.54) is 22.5 Å². The fraction of sp³-hybridized carbons (Fsp3) is 0.455. The van der Waals surface area contributed by atoms with E-state index in [9.17, 15) is 0 Å².